The fraction of sp³-hybridized carbons (Fsp3) is 0.680. The largest absolute Gasteiger partial charge is 0.350 e. The molecule has 1 saturated heterocycles. The van der Waals surface area contributed by atoms with Crippen LogP contribution in [0, 0.1) is 11.8 Å². The number of benzene rings is 1. The molecule has 1 aromatic rings. The Hall–Kier alpha value is -1.84. The summed E-state index contributed by atoms with van der Waals surface area (Å²) in [4.78, 5) is 28.1. The van der Waals surface area contributed by atoms with Crippen molar-refractivity contribution in [3.63, 3.8) is 0 Å². The predicted molar refractivity (Wildman–Crippen MR) is 118 cm³/mol. The van der Waals surface area contributed by atoms with Crippen LogP contribution >= 0.6 is 0 Å². The minimum atomic E-state index is -0.319. The minimum Gasteiger partial charge on any atom is -0.350 e. The molecule has 2 aliphatic rings. The smallest absolute Gasteiger partial charge is 0.243 e. The molecule has 3 rings (SSSR count). The Bertz CT molecular complexity index is 732. The summed E-state index contributed by atoms with van der Waals surface area (Å²) in [5.41, 5.74) is 2.71. The van der Waals surface area contributed by atoms with Gasteiger partial charge in [-0.15, -0.1) is 0 Å². The van der Waals surface area contributed by atoms with E-state index in [0.717, 1.165) is 25.7 Å². The van der Waals surface area contributed by atoms with Crippen molar-refractivity contribution in [3.8, 4) is 0 Å². The number of hydrogen-bond acceptors (Lipinski definition) is 2. The molecule has 160 valence electrons. The van der Waals surface area contributed by atoms with Crippen molar-refractivity contribution in [2.45, 2.75) is 90.6 Å². The second kappa shape index (κ2) is 8.49. The van der Waals surface area contributed by atoms with Crippen molar-refractivity contribution in [1.29, 1.82) is 0 Å². The highest BCUT2D eigenvalue weighted by atomic mass is 16.2. The highest BCUT2D eigenvalue weighted by Gasteiger charge is 2.49. The van der Waals surface area contributed by atoms with Crippen molar-refractivity contribution < 1.29 is 9.59 Å². The zero-order valence-electron chi connectivity index (χ0n) is 19.0. The Kier molecular flexibility index (Phi) is 6.40. The number of nitrogens with one attached hydrogen (secondary N) is 1. The van der Waals surface area contributed by atoms with E-state index >= 15 is 0 Å². The van der Waals surface area contributed by atoms with Gasteiger partial charge in [-0.1, -0.05) is 72.2 Å². The maximum atomic E-state index is 13.4. The predicted octanol–water partition coefficient (Wildman–Crippen LogP) is 4.63. The summed E-state index contributed by atoms with van der Waals surface area (Å²) in [5, 5.41) is 3.15. The van der Waals surface area contributed by atoms with Crippen LogP contribution in [0.15, 0.2) is 24.3 Å². The molecule has 4 heteroatoms. The van der Waals surface area contributed by atoms with Crippen LogP contribution in [-0.4, -0.2) is 35.3 Å². The summed E-state index contributed by atoms with van der Waals surface area (Å²) >= 11 is 0. The molecule has 1 aliphatic carbocycles. The van der Waals surface area contributed by atoms with Crippen LogP contribution in [-0.2, 0) is 15.0 Å². The zero-order valence-corrected chi connectivity index (χ0v) is 19.0. The third-order valence-electron chi connectivity index (χ3n) is 6.37. The highest BCUT2D eigenvalue weighted by Crippen LogP contribution is 2.49. The van der Waals surface area contributed by atoms with Crippen LogP contribution in [0.4, 0.5) is 0 Å². The summed E-state index contributed by atoms with van der Waals surface area (Å²) in [7, 11) is 0. The van der Waals surface area contributed by atoms with E-state index in [1.807, 2.05) is 4.90 Å². The van der Waals surface area contributed by atoms with Crippen LogP contribution in [0.1, 0.15) is 84.3 Å². The van der Waals surface area contributed by atoms with Crippen LogP contribution in [0.25, 0.3) is 0 Å². The Labute approximate surface area is 176 Å². The Morgan fingerprint density at radius 1 is 1.21 bits per heavy atom. The summed E-state index contributed by atoms with van der Waals surface area (Å²) in [5.74, 6) is 0.910. The lowest BCUT2D eigenvalue weighted by Gasteiger charge is -2.40. The quantitative estimate of drug-likeness (QED) is 0.759. The van der Waals surface area contributed by atoms with E-state index in [9.17, 15) is 9.59 Å². The van der Waals surface area contributed by atoms with Gasteiger partial charge in [-0.25, -0.2) is 0 Å². The highest BCUT2D eigenvalue weighted by molar-refractivity contribution is 5.91. The molecule has 0 bridgehead atoms. The molecule has 0 spiro atoms. The van der Waals surface area contributed by atoms with Gasteiger partial charge in [0.05, 0.1) is 0 Å². The maximum absolute atomic E-state index is 13.4. The third kappa shape index (κ3) is 5.02. The molecule has 0 aromatic heterocycles. The molecular formula is C25H38N2O2. The van der Waals surface area contributed by atoms with E-state index in [0.29, 0.717) is 18.4 Å². The lowest BCUT2D eigenvalue weighted by atomic mass is 9.86. The normalized spacial score (nSPS) is 27.1. The Morgan fingerprint density at radius 2 is 1.86 bits per heavy atom. The van der Waals surface area contributed by atoms with Gasteiger partial charge < -0.3 is 10.2 Å². The Balaban J connectivity index is 1.72. The van der Waals surface area contributed by atoms with Crippen molar-refractivity contribution >= 4 is 11.8 Å². The molecule has 1 aromatic carbocycles. The first kappa shape index (κ1) is 21.9. The summed E-state index contributed by atoms with van der Waals surface area (Å²) in [6.07, 6.45) is 3.56. The SMILES string of the molecule is CCCC1CN(C(=O)C2CC2c2ccc(C(C)(C)C)cc2)C(CC(C)C)C(=O)N1. The third-order valence-corrected chi connectivity index (χ3v) is 6.37. The van der Waals surface area contributed by atoms with Crippen LogP contribution < -0.4 is 5.32 Å². The van der Waals surface area contributed by atoms with E-state index in [4.69, 9.17) is 0 Å². The number of piperazine rings is 1. The summed E-state index contributed by atoms with van der Waals surface area (Å²) in [6, 6.07) is 8.54. The molecule has 1 saturated carbocycles. The lowest BCUT2D eigenvalue weighted by Crippen LogP contribution is -2.62. The number of amides is 2. The molecule has 2 amide bonds. The first-order chi connectivity index (χ1) is 13.6. The zero-order chi connectivity index (χ0) is 21.3. The maximum Gasteiger partial charge on any atom is 0.243 e. The average Bonchev–Trinajstić information content (AvgIpc) is 3.43. The van der Waals surface area contributed by atoms with Crippen molar-refractivity contribution in [2.75, 3.05) is 6.54 Å². The van der Waals surface area contributed by atoms with Gasteiger partial charge >= 0.3 is 0 Å². The average molecular weight is 399 g/mol. The van der Waals surface area contributed by atoms with E-state index in [2.05, 4.69) is 71.1 Å². The lowest BCUT2D eigenvalue weighted by molar-refractivity contribution is -0.146. The second-order valence-electron chi connectivity index (χ2n) is 10.5. The molecule has 1 heterocycles. The molecule has 1 N–H and O–H groups in total. The van der Waals surface area contributed by atoms with Gasteiger partial charge in [0, 0.05) is 18.5 Å². The fourth-order valence-corrected chi connectivity index (χ4v) is 4.57. The number of hydrogen-bond donors (Lipinski definition) is 1. The van der Waals surface area contributed by atoms with Gasteiger partial charge in [0.25, 0.3) is 0 Å². The summed E-state index contributed by atoms with van der Waals surface area (Å²) < 4.78 is 0. The van der Waals surface area contributed by atoms with Gasteiger partial charge in [0.1, 0.15) is 6.04 Å². The molecular weight excluding hydrogens is 360 g/mol. The Morgan fingerprint density at radius 3 is 2.41 bits per heavy atom. The standard InChI is InChI=1S/C25H38N2O2/c1-7-8-19-15-27(22(13-16(2)3)23(28)26-19)24(29)21-14-20(21)17-9-11-18(12-10-17)25(4,5)6/h9-12,16,19-22H,7-8,13-15H2,1-6H3,(H,26,28). The minimum absolute atomic E-state index is 0.0262. The van der Waals surface area contributed by atoms with Crippen LogP contribution in [0.2, 0.25) is 0 Å². The van der Waals surface area contributed by atoms with Gasteiger partial charge in [-0.2, -0.15) is 0 Å². The molecule has 4 unspecified atom stereocenters. The van der Waals surface area contributed by atoms with Crippen molar-refractivity contribution in [2.24, 2.45) is 11.8 Å². The topological polar surface area (TPSA) is 49.4 Å². The van der Waals surface area contributed by atoms with Gasteiger partial charge in [0.15, 0.2) is 0 Å². The second-order valence-corrected chi connectivity index (χ2v) is 10.5. The van der Waals surface area contributed by atoms with E-state index in [1.165, 1.54) is 11.1 Å². The van der Waals surface area contributed by atoms with Gasteiger partial charge in [-0.3, -0.25) is 9.59 Å². The number of rotatable bonds is 6. The fourth-order valence-electron chi connectivity index (χ4n) is 4.57. The summed E-state index contributed by atoms with van der Waals surface area (Å²) in [6.45, 7) is 13.7. The molecule has 1 aliphatic heterocycles. The van der Waals surface area contributed by atoms with Crippen LogP contribution in [0.5, 0.6) is 0 Å². The van der Waals surface area contributed by atoms with Crippen molar-refractivity contribution in [3.05, 3.63) is 35.4 Å². The van der Waals surface area contributed by atoms with Gasteiger partial charge in [0.2, 0.25) is 11.8 Å². The first-order valence-corrected chi connectivity index (χ1v) is 11.3. The molecule has 4 nitrogen and oxygen atoms in total. The van der Waals surface area contributed by atoms with Crippen molar-refractivity contribution in [1.82, 2.24) is 10.2 Å². The number of nitrogens with zero attached hydrogens (tertiary/aromatic N) is 1. The molecule has 0 radical (unpaired) electrons. The van der Waals surface area contributed by atoms with E-state index in [1.54, 1.807) is 0 Å². The van der Waals surface area contributed by atoms with E-state index < -0.39 is 0 Å². The first-order valence-electron chi connectivity index (χ1n) is 11.3. The molecule has 29 heavy (non-hydrogen) atoms. The monoisotopic (exact) mass is 398 g/mol. The van der Waals surface area contributed by atoms with Crippen LogP contribution in [0.3, 0.4) is 0 Å². The number of carbonyl (C=O) groups is 2. The van der Waals surface area contributed by atoms with E-state index in [-0.39, 0.29) is 35.2 Å². The molecule has 4 atom stereocenters. The van der Waals surface area contributed by atoms with Gasteiger partial charge in [-0.05, 0) is 47.6 Å². The number of carbonyl (C=O) groups excluding carboxylic acids is 2. The molecule has 2 fully saturated rings.